The van der Waals surface area contributed by atoms with E-state index >= 15 is 0 Å². The minimum absolute atomic E-state index is 0.0644. The third kappa shape index (κ3) is 4.99. The average Bonchev–Trinajstić information content (AvgIpc) is 3.22. The minimum Gasteiger partial charge on any atom is -0.352 e. The van der Waals surface area contributed by atoms with Crippen LogP contribution >= 0.6 is 0 Å². The van der Waals surface area contributed by atoms with Crippen LogP contribution in [0.25, 0.3) is 0 Å². The number of hydrogen-bond donors (Lipinski definition) is 3. The molecule has 148 valence electrons. The molecule has 7 heteroatoms. The summed E-state index contributed by atoms with van der Waals surface area (Å²) in [7, 11) is 0. The second kappa shape index (κ2) is 9.19. The Kier molecular flexibility index (Phi) is 6.68. The fraction of sp³-hybridized carbons (Fsp3) is 0.600. The molecule has 2 aliphatic heterocycles. The summed E-state index contributed by atoms with van der Waals surface area (Å²) < 4.78 is 0. The van der Waals surface area contributed by atoms with E-state index in [0.717, 1.165) is 56.9 Å². The number of rotatable bonds is 5. The van der Waals surface area contributed by atoms with Crippen molar-refractivity contribution in [2.45, 2.75) is 32.7 Å². The number of benzene rings is 1. The third-order valence-electron chi connectivity index (χ3n) is 5.42. The van der Waals surface area contributed by atoms with E-state index in [1.54, 1.807) is 6.07 Å². The molecule has 0 saturated carbocycles. The van der Waals surface area contributed by atoms with E-state index in [0.29, 0.717) is 18.2 Å². The standard InChI is InChI=1S/C20H31N5O2/c1-3-7-22-19(26)16-4-5-18(15(2)13-16)23-20(27)25-11-9-24(10-12-25)17-6-8-21-14-17/h4-5,13,17,21H,3,6-12,14H2,1-2H3,(H,22,26)(H,23,27)/t17-/m1/s1. The average molecular weight is 374 g/mol. The van der Waals surface area contributed by atoms with Crippen LogP contribution in [0, 0.1) is 6.92 Å². The van der Waals surface area contributed by atoms with Crippen molar-refractivity contribution < 1.29 is 9.59 Å². The van der Waals surface area contributed by atoms with E-state index < -0.39 is 0 Å². The van der Waals surface area contributed by atoms with Crippen LogP contribution in [-0.4, -0.2) is 73.6 Å². The first-order chi connectivity index (χ1) is 13.1. The van der Waals surface area contributed by atoms with Crippen LogP contribution in [0.1, 0.15) is 35.7 Å². The van der Waals surface area contributed by atoms with Gasteiger partial charge >= 0.3 is 6.03 Å². The van der Waals surface area contributed by atoms with Gasteiger partial charge in [0.15, 0.2) is 0 Å². The number of anilines is 1. The summed E-state index contributed by atoms with van der Waals surface area (Å²) in [6, 6.07) is 5.95. The maximum absolute atomic E-state index is 12.6. The third-order valence-corrected chi connectivity index (χ3v) is 5.42. The first kappa shape index (κ1) is 19.6. The van der Waals surface area contributed by atoms with Crippen molar-refractivity contribution in [3.63, 3.8) is 0 Å². The van der Waals surface area contributed by atoms with E-state index in [9.17, 15) is 9.59 Å². The van der Waals surface area contributed by atoms with Crippen molar-refractivity contribution >= 4 is 17.6 Å². The predicted octanol–water partition coefficient (Wildman–Crippen LogP) is 1.65. The molecule has 1 atom stereocenters. The van der Waals surface area contributed by atoms with Crippen LogP contribution in [0.5, 0.6) is 0 Å². The molecule has 3 N–H and O–H groups in total. The van der Waals surface area contributed by atoms with Gasteiger partial charge in [-0.25, -0.2) is 4.79 Å². The fourth-order valence-electron chi connectivity index (χ4n) is 3.72. The molecule has 7 nitrogen and oxygen atoms in total. The smallest absolute Gasteiger partial charge is 0.321 e. The van der Waals surface area contributed by atoms with Crippen LogP contribution in [0.3, 0.4) is 0 Å². The first-order valence-electron chi connectivity index (χ1n) is 9.98. The largest absolute Gasteiger partial charge is 0.352 e. The summed E-state index contributed by atoms with van der Waals surface area (Å²) in [5.74, 6) is -0.0737. The molecule has 0 unspecified atom stereocenters. The lowest BCUT2D eigenvalue weighted by molar-refractivity contribution is 0.0953. The van der Waals surface area contributed by atoms with Gasteiger partial charge in [-0.15, -0.1) is 0 Å². The molecule has 3 rings (SSSR count). The molecular weight excluding hydrogens is 342 g/mol. The molecule has 0 spiro atoms. The Morgan fingerprint density at radius 1 is 1.22 bits per heavy atom. The van der Waals surface area contributed by atoms with Crippen molar-refractivity contribution in [2.24, 2.45) is 0 Å². The van der Waals surface area contributed by atoms with E-state index in [4.69, 9.17) is 0 Å². The van der Waals surface area contributed by atoms with Gasteiger partial charge in [-0.2, -0.15) is 0 Å². The SMILES string of the molecule is CCCNC(=O)c1ccc(NC(=O)N2CCN([C@@H]3CCNC3)CC2)c(C)c1. The zero-order valence-corrected chi connectivity index (χ0v) is 16.4. The molecule has 27 heavy (non-hydrogen) atoms. The van der Waals surface area contributed by atoms with Gasteiger partial charge in [0.05, 0.1) is 0 Å². The number of piperazine rings is 1. The van der Waals surface area contributed by atoms with E-state index in [2.05, 4.69) is 20.9 Å². The zero-order chi connectivity index (χ0) is 19.2. The van der Waals surface area contributed by atoms with Gasteiger partial charge in [0.1, 0.15) is 0 Å². The highest BCUT2D eigenvalue weighted by molar-refractivity contribution is 5.96. The lowest BCUT2D eigenvalue weighted by atomic mass is 10.1. The lowest BCUT2D eigenvalue weighted by Crippen LogP contribution is -2.53. The Balaban J connectivity index is 1.52. The van der Waals surface area contributed by atoms with Crippen molar-refractivity contribution in [3.8, 4) is 0 Å². The van der Waals surface area contributed by atoms with Crippen LogP contribution in [0.4, 0.5) is 10.5 Å². The molecule has 0 aromatic heterocycles. The van der Waals surface area contributed by atoms with Crippen LogP contribution in [-0.2, 0) is 0 Å². The van der Waals surface area contributed by atoms with Crippen molar-refractivity contribution in [2.75, 3.05) is 51.1 Å². The Labute approximate surface area is 161 Å². The predicted molar refractivity (Wildman–Crippen MR) is 107 cm³/mol. The lowest BCUT2D eigenvalue weighted by Gasteiger charge is -2.37. The van der Waals surface area contributed by atoms with Crippen molar-refractivity contribution in [1.29, 1.82) is 0 Å². The van der Waals surface area contributed by atoms with Gasteiger partial charge in [-0.3, -0.25) is 9.69 Å². The highest BCUT2D eigenvalue weighted by Crippen LogP contribution is 2.18. The van der Waals surface area contributed by atoms with Gasteiger partial charge in [-0.05, 0) is 50.1 Å². The quantitative estimate of drug-likeness (QED) is 0.733. The summed E-state index contributed by atoms with van der Waals surface area (Å²) in [6.45, 7) is 10.1. The fourth-order valence-corrected chi connectivity index (χ4v) is 3.72. The highest BCUT2D eigenvalue weighted by atomic mass is 16.2. The number of nitrogens with one attached hydrogen (secondary N) is 3. The van der Waals surface area contributed by atoms with Crippen LogP contribution < -0.4 is 16.0 Å². The Morgan fingerprint density at radius 3 is 2.63 bits per heavy atom. The molecule has 2 heterocycles. The van der Waals surface area contributed by atoms with Gasteiger partial charge in [0.2, 0.25) is 0 Å². The maximum atomic E-state index is 12.6. The van der Waals surface area contributed by atoms with Gasteiger partial charge in [-0.1, -0.05) is 6.92 Å². The van der Waals surface area contributed by atoms with Crippen molar-refractivity contribution in [3.05, 3.63) is 29.3 Å². The molecule has 0 radical (unpaired) electrons. The second-order valence-electron chi connectivity index (χ2n) is 7.39. The van der Waals surface area contributed by atoms with Crippen molar-refractivity contribution in [1.82, 2.24) is 20.4 Å². The van der Waals surface area contributed by atoms with E-state index in [-0.39, 0.29) is 11.9 Å². The number of hydrogen-bond acceptors (Lipinski definition) is 4. The topological polar surface area (TPSA) is 76.7 Å². The van der Waals surface area contributed by atoms with E-state index in [1.165, 1.54) is 6.42 Å². The van der Waals surface area contributed by atoms with Gasteiger partial charge in [0.25, 0.3) is 5.91 Å². The first-order valence-corrected chi connectivity index (χ1v) is 9.98. The summed E-state index contributed by atoms with van der Waals surface area (Å²) in [4.78, 5) is 29.0. The Hall–Kier alpha value is -2.12. The summed E-state index contributed by atoms with van der Waals surface area (Å²) >= 11 is 0. The number of aryl methyl sites for hydroxylation is 1. The Bertz CT molecular complexity index is 664. The van der Waals surface area contributed by atoms with Gasteiger partial charge in [0, 0.05) is 56.6 Å². The number of urea groups is 1. The zero-order valence-electron chi connectivity index (χ0n) is 16.4. The number of amides is 3. The molecule has 1 aromatic carbocycles. The molecule has 1 aromatic rings. The Morgan fingerprint density at radius 2 is 2.00 bits per heavy atom. The molecule has 3 amide bonds. The molecule has 0 aliphatic carbocycles. The molecule has 0 bridgehead atoms. The monoisotopic (exact) mass is 373 g/mol. The number of carbonyl (C=O) groups excluding carboxylic acids is 2. The van der Waals surface area contributed by atoms with E-state index in [1.807, 2.05) is 30.9 Å². The normalized spacial score (nSPS) is 20.5. The van der Waals surface area contributed by atoms with Gasteiger partial charge < -0.3 is 20.9 Å². The highest BCUT2D eigenvalue weighted by Gasteiger charge is 2.27. The van der Waals surface area contributed by atoms with Crippen LogP contribution in [0.2, 0.25) is 0 Å². The molecule has 2 aliphatic rings. The summed E-state index contributed by atoms with van der Waals surface area (Å²) in [5, 5.41) is 9.27. The minimum atomic E-state index is -0.0737. The van der Waals surface area contributed by atoms with Crippen LogP contribution in [0.15, 0.2) is 18.2 Å². The number of carbonyl (C=O) groups is 2. The molecule has 2 fully saturated rings. The second-order valence-corrected chi connectivity index (χ2v) is 7.39. The number of nitrogens with zero attached hydrogens (tertiary/aromatic N) is 2. The molecular formula is C20H31N5O2. The summed E-state index contributed by atoms with van der Waals surface area (Å²) in [6.07, 6.45) is 2.10. The maximum Gasteiger partial charge on any atom is 0.321 e. The summed E-state index contributed by atoms with van der Waals surface area (Å²) in [5.41, 5.74) is 2.27. The molecule has 2 saturated heterocycles.